The van der Waals surface area contributed by atoms with Gasteiger partial charge in [0.25, 0.3) is 5.91 Å². The molecule has 0 bridgehead atoms. The van der Waals surface area contributed by atoms with Crippen molar-refractivity contribution in [1.29, 1.82) is 0 Å². The molecule has 5 rings (SSSR count). The van der Waals surface area contributed by atoms with Gasteiger partial charge in [0.2, 0.25) is 11.5 Å². The molecule has 1 aliphatic heterocycles. The van der Waals surface area contributed by atoms with Gasteiger partial charge in [0.1, 0.15) is 47.2 Å². The first-order valence-electron chi connectivity index (χ1n) is 13.2. The molecule has 2 amide bonds. The van der Waals surface area contributed by atoms with Gasteiger partial charge in [-0.25, -0.2) is 18.7 Å². The van der Waals surface area contributed by atoms with Crippen molar-refractivity contribution >= 4 is 34.3 Å². The lowest BCUT2D eigenvalue weighted by atomic mass is 9.81. The molecule has 0 aliphatic carbocycles. The molecular formula is C30H24ClF5N4O5. The minimum Gasteiger partial charge on any atom is -0.494 e. The van der Waals surface area contributed by atoms with Gasteiger partial charge in [-0.1, -0.05) is 11.6 Å². The average molecular weight is 651 g/mol. The molecule has 236 valence electrons. The molecule has 9 nitrogen and oxygen atoms in total. The van der Waals surface area contributed by atoms with Gasteiger partial charge in [-0.3, -0.25) is 9.59 Å². The highest BCUT2D eigenvalue weighted by Gasteiger charge is 2.58. The fourth-order valence-corrected chi connectivity index (χ4v) is 5.12. The molecule has 0 saturated heterocycles. The van der Waals surface area contributed by atoms with Gasteiger partial charge in [-0.05, 0) is 55.5 Å². The van der Waals surface area contributed by atoms with E-state index in [0.717, 1.165) is 12.1 Å². The van der Waals surface area contributed by atoms with E-state index in [4.69, 9.17) is 26.8 Å². The summed E-state index contributed by atoms with van der Waals surface area (Å²) in [7, 11) is 1.32. The minimum absolute atomic E-state index is 0.0351. The van der Waals surface area contributed by atoms with E-state index in [1.54, 1.807) is 6.92 Å². The third kappa shape index (κ3) is 5.37. The normalized spacial score (nSPS) is 17.4. The SMILES string of the molecule is COc1cc(C(=O)NCC(O)(c2cc3c(c(-c4ccc(F)cc4)n2)OC[C@@]3(CF)C(N)=O)C(F)(F)F)cc2cc(Cl)c(C)nc12. The summed E-state index contributed by atoms with van der Waals surface area (Å²) in [6.07, 6.45) is -5.47. The van der Waals surface area contributed by atoms with Crippen molar-refractivity contribution in [3.05, 3.63) is 81.9 Å². The fourth-order valence-electron chi connectivity index (χ4n) is 4.96. The number of carbonyl (C=O) groups excluding carboxylic acids is 2. The largest absolute Gasteiger partial charge is 0.494 e. The highest BCUT2D eigenvalue weighted by Crippen LogP contribution is 2.48. The highest BCUT2D eigenvalue weighted by molar-refractivity contribution is 6.31. The monoisotopic (exact) mass is 650 g/mol. The van der Waals surface area contributed by atoms with Crippen LogP contribution in [0, 0.1) is 12.7 Å². The van der Waals surface area contributed by atoms with Crippen LogP contribution in [0.15, 0.2) is 48.5 Å². The lowest BCUT2D eigenvalue weighted by Gasteiger charge is -2.31. The molecule has 4 aromatic rings. The summed E-state index contributed by atoms with van der Waals surface area (Å²) in [6, 6.07) is 9.12. The first-order chi connectivity index (χ1) is 21.1. The number of carbonyl (C=O) groups is 2. The zero-order chi connectivity index (χ0) is 32.9. The molecular weight excluding hydrogens is 627 g/mol. The van der Waals surface area contributed by atoms with Crippen LogP contribution in [0.1, 0.15) is 27.3 Å². The third-order valence-electron chi connectivity index (χ3n) is 7.66. The van der Waals surface area contributed by atoms with Crippen LogP contribution in [0.3, 0.4) is 0 Å². The number of ether oxygens (including phenoxy) is 2. The van der Waals surface area contributed by atoms with Crippen molar-refractivity contribution < 1.29 is 46.1 Å². The van der Waals surface area contributed by atoms with Crippen molar-refractivity contribution in [2.24, 2.45) is 5.73 Å². The van der Waals surface area contributed by atoms with E-state index in [0.29, 0.717) is 22.7 Å². The van der Waals surface area contributed by atoms with Gasteiger partial charge >= 0.3 is 6.18 Å². The summed E-state index contributed by atoms with van der Waals surface area (Å²) in [5.74, 6) is -3.06. The van der Waals surface area contributed by atoms with E-state index < -0.39 is 65.9 Å². The number of rotatable bonds is 8. The number of nitrogens with one attached hydrogen (secondary N) is 1. The predicted molar refractivity (Wildman–Crippen MR) is 152 cm³/mol. The van der Waals surface area contributed by atoms with Crippen molar-refractivity contribution in [2.45, 2.75) is 24.1 Å². The van der Waals surface area contributed by atoms with E-state index in [1.807, 2.05) is 0 Å². The van der Waals surface area contributed by atoms with E-state index in [-0.39, 0.29) is 33.3 Å². The van der Waals surface area contributed by atoms with Crippen LogP contribution in [0.4, 0.5) is 22.0 Å². The first kappa shape index (κ1) is 31.9. The van der Waals surface area contributed by atoms with Gasteiger partial charge in [-0.15, -0.1) is 0 Å². The number of pyridine rings is 2. The quantitative estimate of drug-likeness (QED) is 0.236. The lowest BCUT2D eigenvalue weighted by Crippen LogP contribution is -2.52. The zero-order valence-electron chi connectivity index (χ0n) is 23.6. The smallest absolute Gasteiger partial charge is 0.424 e. The number of hydrogen-bond donors (Lipinski definition) is 3. The maximum Gasteiger partial charge on any atom is 0.424 e. The lowest BCUT2D eigenvalue weighted by molar-refractivity contribution is -0.265. The van der Waals surface area contributed by atoms with Crippen molar-refractivity contribution in [2.75, 3.05) is 26.9 Å². The number of amides is 2. The van der Waals surface area contributed by atoms with Crippen LogP contribution < -0.4 is 20.5 Å². The average Bonchev–Trinajstić information content (AvgIpc) is 3.39. The Kier molecular flexibility index (Phi) is 8.08. The number of nitrogens with two attached hydrogens (primary N) is 1. The van der Waals surface area contributed by atoms with Gasteiger partial charge in [0.05, 0.1) is 30.1 Å². The summed E-state index contributed by atoms with van der Waals surface area (Å²) in [5.41, 5.74) is -1.72. The number of fused-ring (bicyclic) bond motifs is 2. The number of hydrogen-bond acceptors (Lipinski definition) is 7. The zero-order valence-corrected chi connectivity index (χ0v) is 24.3. The topological polar surface area (TPSA) is 137 Å². The second kappa shape index (κ2) is 11.4. The molecule has 0 saturated carbocycles. The molecule has 0 spiro atoms. The van der Waals surface area contributed by atoms with E-state index in [9.17, 15) is 36.6 Å². The van der Waals surface area contributed by atoms with Crippen LogP contribution in [-0.4, -0.2) is 60.0 Å². The van der Waals surface area contributed by atoms with Gasteiger partial charge in [0, 0.05) is 22.1 Å². The summed E-state index contributed by atoms with van der Waals surface area (Å²) in [5, 5.41) is 13.9. The fraction of sp³-hybridized carbons (Fsp3) is 0.267. The van der Waals surface area contributed by atoms with E-state index >= 15 is 0 Å². The summed E-state index contributed by atoms with van der Waals surface area (Å²) < 4.78 is 82.9. The standard InChI is InChI=1S/C30H24ClF5N4O5/c1-14-20(31)8-16-7-17(9-21(44-2)23(16)39-14)26(41)38-12-29(43,30(34,35)36)22-10-19-25(45-13-28(19,11-32)27(37)42)24(40-22)15-3-5-18(33)6-4-15/h3-10,43H,11-13H2,1-2H3,(H2,37,42)(H,38,41)/t28-,29?/m1/s1. The number of benzene rings is 2. The molecule has 0 radical (unpaired) electrons. The summed E-state index contributed by atoms with van der Waals surface area (Å²) >= 11 is 6.16. The Morgan fingerprint density at radius 1 is 1.16 bits per heavy atom. The minimum atomic E-state index is -5.47. The number of nitrogens with zero attached hydrogens (tertiary/aromatic N) is 2. The number of aliphatic hydroxyl groups is 1. The number of primary amides is 1. The van der Waals surface area contributed by atoms with Gasteiger partial charge in [-0.2, -0.15) is 13.2 Å². The van der Waals surface area contributed by atoms with Gasteiger partial charge in [0.15, 0.2) is 0 Å². The summed E-state index contributed by atoms with van der Waals surface area (Å²) in [6.45, 7) is -1.90. The van der Waals surface area contributed by atoms with Crippen molar-refractivity contribution in [1.82, 2.24) is 15.3 Å². The second-order valence-corrected chi connectivity index (χ2v) is 10.9. The van der Waals surface area contributed by atoms with Crippen LogP contribution >= 0.6 is 11.6 Å². The maximum atomic E-state index is 14.7. The van der Waals surface area contributed by atoms with Crippen LogP contribution in [0.25, 0.3) is 22.2 Å². The number of methoxy groups -OCH3 is 1. The molecule has 2 aromatic carbocycles. The summed E-state index contributed by atoms with van der Waals surface area (Å²) in [4.78, 5) is 33.9. The van der Waals surface area contributed by atoms with Crippen LogP contribution in [0.5, 0.6) is 11.5 Å². The molecule has 4 N–H and O–H groups in total. The Balaban J connectivity index is 1.60. The molecule has 45 heavy (non-hydrogen) atoms. The molecule has 15 heteroatoms. The van der Waals surface area contributed by atoms with Crippen LogP contribution in [-0.2, 0) is 15.8 Å². The Bertz CT molecular complexity index is 1840. The Hall–Kier alpha value is -4.56. The van der Waals surface area contributed by atoms with E-state index in [1.165, 1.54) is 37.4 Å². The Morgan fingerprint density at radius 3 is 2.44 bits per heavy atom. The molecule has 3 heterocycles. The van der Waals surface area contributed by atoms with Crippen molar-refractivity contribution in [3.63, 3.8) is 0 Å². The highest BCUT2D eigenvalue weighted by atomic mass is 35.5. The maximum absolute atomic E-state index is 14.7. The number of aryl methyl sites for hydroxylation is 1. The number of halogens is 6. The van der Waals surface area contributed by atoms with Crippen molar-refractivity contribution in [3.8, 4) is 22.8 Å². The van der Waals surface area contributed by atoms with Gasteiger partial charge < -0.3 is 25.6 Å². The predicted octanol–water partition coefficient (Wildman–Crippen LogP) is 4.67. The Morgan fingerprint density at radius 2 is 1.84 bits per heavy atom. The second-order valence-electron chi connectivity index (χ2n) is 10.5. The van der Waals surface area contributed by atoms with E-state index in [2.05, 4.69) is 15.3 Å². The Labute approximate surface area is 257 Å². The van der Waals surface area contributed by atoms with Crippen LogP contribution in [0.2, 0.25) is 5.02 Å². The molecule has 2 atom stereocenters. The molecule has 1 aliphatic rings. The number of alkyl halides is 4. The number of aromatic nitrogens is 2. The molecule has 2 aromatic heterocycles. The molecule has 1 unspecified atom stereocenters. The first-order valence-corrected chi connectivity index (χ1v) is 13.6. The molecule has 0 fully saturated rings. The third-order valence-corrected chi connectivity index (χ3v) is 8.04.